The van der Waals surface area contributed by atoms with E-state index >= 15 is 0 Å². The highest BCUT2D eigenvalue weighted by molar-refractivity contribution is 6.29. The molecule has 0 radical (unpaired) electrons. The Morgan fingerprint density at radius 1 is 1.28 bits per heavy atom. The maximum absolute atomic E-state index is 11.9. The van der Waals surface area contributed by atoms with Crippen LogP contribution in [0.2, 0.25) is 5.15 Å². The van der Waals surface area contributed by atoms with E-state index in [1.165, 1.54) is 4.68 Å². The summed E-state index contributed by atoms with van der Waals surface area (Å²) in [5, 5.41) is 13.8. The highest BCUT2D eigenvalue weighted by atomic mass is 35.5. The molecular formula is C17H15ClN4O3. The van der Waals surface area contributed by atoms with Gasteiger partial charge in [0.05, 0.1) is 19.3 Å². The number of rotatable bonds is 5. The minimum atomic E-state index is -0.644. The van der Waals surface area contributed by atoms with Crippen molar-refractivity contribution in [1.29, 1.82) is 0 Å². The summed E-state index contributed by atoms with van der Waals surface area (Å²) in [6.45, 7) is 0.309. The van der Waals surface area contributed by atoms with Crippen LogP contribution in [-0.2, 0) is 6.54 Å². The Morgan fingerprint density at radius 2 is 2.04 bits per heavy atom. The number of ether oxygens (including phenoxy) is 1. The molecule has 0 saturated carbocycles. The molecular weight excluding hydrogens is 344 g/mol. The summed E-state index contributed by atoms with van der Waals surface area (Å²) in [6.07, 6.45) is 1.61. The summed E-state index contributed by atoms with van der Waals surface area (Å²) < 4.78 is 6.63. The van der Waals surface area contributed by atoms with Gasteiger partial charge >= 0.3 is 0 Å². The van der Waals surface area contributed by atoms with Crippen LogP contribution in [0.15, 0.2) is 48.7 Å². The minimum absolute atomic E-state index is 0.225. The molecule has 0 fully saturated rings. The highest BCUT2D eigenvalue weighted by Gasteiger charge is 2.16. The maximum Gasteiger partial charge on any atom is 0.292 e. The van der Waals surface area contributed by atoms with E-state index in [4.69, 9.17) is 21.5 Å². The molecule has 8 heteroatoms. The summed E-state index contributed by atoms with van der Waals surface area (Å²) >= 11 is 5.79. The first kappa shape index (κ1) is 16.9. The van der Waals surface area contributed by atoms with E-state index in [0.717, 1.165) is 16.9 Å². The minimum Gasteiger partial charge on any atom is -0.497 e. The average Bonchev–Trinajstić information content (AvgIpc) is 3.07. The monoisotopic (exact) mass is 358 g/mol. The van der Waals surface area contributed by atoms with E-state index in [9.17, 15) is 4.79 Å². The van der Waals surface area contributed by atoms with Gasteiger partial charge in [0, 0.05) is 11.8 Å². The van der Waals surface area contributed by atoms with Crippen molar-refractivity contribution in [3.05, 3.63) is 65.1 Å². The molecule has 0 spiro atoms. The molecule has 3 aromatic rings. The van der Waals surface area contributed by atoms with Crippen LogP contribution < -0.4 is 10.2 Å². The fourth-order valence-corrected chi connectivity index (χ4v) is 2.46. The Kier molecular flexibility index (Phi) is 4.97. The van der Waals surface area contributed by atoms with E-state index in [-0.39, 0.29) is 5.69 Å². The van der Waals surface area contributed by atoms with Crippen molar-refractivity contribution in [2.45, 2.75) is 6.54 Å². The number of carbonyl (C=O) groups is 1. The van der Waals surface area contributed by atoms with Gasteiger partial charge in [-0.1, -0.05) is 17.7 Å². The SMILES string of the molecule is COc1ccc(-c2cc(C(=O)NO)n(Cc3ccc(Cl)nc3)n2)cc1. The number of halogens is 1. The molecule has 0 unspecified atom stereocenters. The molecule has 1 amide bonds. The van der Waals surface area contributed by atoms with Crippen LogP contribution in [0.4, 0.5) is 0 Å². The summed E-state index contributed by atoms with van der Waals surface area (Å²) in [4.78, 5) is 16.0. The zero-order valence-corrected chi connectivity index (χ0v) is 14.1. The van der Waals surface area contributed by atoms with Gasteiger partial charge in [0.2, 0.25) is 0 Å². The number of nitrogens with one attached hydrogen (secondary N) is 1. The van der Waals surface area contributed by atoms with E-state index in [1.54, 1.807) is 37.0 Å². The quantitative estimate of drug-likeness (QED) is 0.416. The van der Waals surface area contributed by atoms with Crippen molar-refractivity contribution in [1.82, 2.24) is 20.2 Å². The van der Waals surface area contributed by atoms with Crippen molar-refractivity contribution in [3.63, 3.8) is 0 Å². The molecule has 0 aliphatic carbocycles. The van der Waals surface area contributed by atoms with Crippen molar-refractivity contribution < 1.29 is 14.7 Å². The van der Waals surface area contributed by atoms with Crippen LogP contribution in [0.5, 0.6) is 5.75 Å². The molecule has 0 saturated heterocycles. The molecule has 7 nitrogen and oxygen atoms in total. The number of aromatic nitrogens is 3. The van der Waals surface area contributed by atoms with Gasteiger partial charge in [-0.3, -0.25) is 14.7 Å². The average molecular weight is 359 g/mol. The van der Waals surface area contributed by atoms with Gasteiger partial charge in [0.1, 0.15) is 16.6 Å². The first-order chi connectivity index (χ1) is 12.1. The molecule has 2 aromatic heterocycles. The largest absolute Gasteiger partial charge is 0.497 e. The molecule has 3 rings (SSSR count). The smallest absolute Gasteiger partial charge is 0.292 e. The molecule has 0 aliphatic heterocycles. The maximum atomic E-state index is 11.9. The molecule has 2 heterocycles. The number of amides is 1. The van der Waals surface area contributed by atoms with Crippen LogP contribution in [0.1, 0.15) is 16.1 Å². The number of carbonyl (C=O) groups excluding carboxylic acids is 1. The third kappa shape index (κ3) is 3.78. The van der Waals surface area contributed by atoms with Crippen molar-refractivity contribution in [3.8, 4) is 17.0 Å². The number of pyridine rings is 1. The van der Waals surface area contributed by atoms with Gasteiger partial charge in [-0.25, -0.2) is 10.5 Å². The first-order valence-electron chi connectivity index (χ1n) is 7.38. The molecule has 25 heavy (non-hydrogen) atoms. The van der Waals surface area contributed by atoms with Crippen LogP contribution in [0.3, 0.4) is 0 Å². The lowest BCUT2D eigenvalue weighted by molar-refractivity contribution is 0.0695. The second-order valence-corrected chi connectivity index (χ2v) is 5.62. The summed E-state index contributed by atoms with van der Waals surface area (Å²) in [5.74, 6) is 0.0814. The standard InChI is InChI=1S/C17H15ClN4O3/c1-25-13-5-3-12(4-6-13)14-8-15(17(23)21-24)22(20-14)10-11-2-7-16(18)19-9-11/h2-9,24H,10H2,1H3,(H,21,23). The molecule has 0 aliphatic rings. The van der Waals surface area contributed by atoms with Crippen molar-refractivity contribution in [2.75, 3.05) is 7.11 Å². The van der Waals surface area contributed by atoms with Gasteiger partial charge in [0.15, 0.2) is 0 Å². The highest BCUT2D eigenvalue weighted by Crippen LogP contribution is 2.23. The third-order valence-corrected chi connectivity index (χ3v) is 3.84. The summed E-state index contributed by atoms with van der Waals surface area (Å²) in [5.41, 5.74) is 4.11. The second-order valence-electron chi connectivity index (χ2n) is 5.23. The fourth-order valence-electron chi connectivity index (χ4n) is 2.35. The van der Waals surface area contributed by atoms with E-state index in [0.29, 0.717) is 17.4 Å². The Balaban J connectivity index is 1.96. The van der Waals surface area contributed by atoms with E-state index in [1.807, 2.05) is 24.3 Å². The fraction of sp³-hybridized carbons (Fsp3) is 0.118. The van der Waals surface area contributed by atoms with Gasteiger partial charge in [-0.15, -0.1) is 0 Å². The molecule has 0 bridgehead atoms. The van der Waals surface area contributed by atoms with Crippen molar-refractivity contribution >= 4 is 17.5 Å². The predicted molar refractivity (Wildman–Crippen MR) is 91.8 cm³/mol. The lowest BCUT2D eigenvalue weighted by Crippen LogP contribution is -2.23. The lowest BCUT2D eigenvalue weighted by atomic mass is 10.1. The number of methoxy groups -OCH3 is 1. The number of benzene rings is 1. The number of hydrogen-bond acceptors (Lipinski definition) is 5. The molecule has 2 N–H and O–H groups in total. The van der Waals surface area contributed by atoms with Gasteiger partial charge in [-0.05, 0) is 42.0 Å². The van der Waals surface area contributed by atoms with Crippen LogP contribution >= 0.6 is 11.6 Å². The number of hydrogen-bond donors (Lipinski definition) is 2. The second kappa shape index (κ2) is 7.33. The lowest BCUT2D eigenvalue weighted by Gasteiger charge is -2.06. The van der Waals surface area contributed by atoms with Gasteiger partial charge in [0.25, 0.3) is 5.91 Å². The van der Waals surface area contributed by atoms with E-state index < -0.39 is 5.91 Å². The Morgan fingerprint density at radius 3 is 2.64 bits per heavy atom. The predicted octanol–water partition coefficient (Wildman–Crippen LogP) is 2.77. The number of hydroxylamine groups is 1. The number of nitrogens with zero attached hydrogens (tertiary/aromatic N) is 3. The Hall–Kier alpha value is -2.90. The molecule has 1 aromatic carbocycles. The van der Waals surface area contributed by atoms with Gasteiger partial charge < -0.3 is 4.74 Å². The first-order valence-corrected chi connectivity index (χ1v) is 7.75. The van der Waals surface area contributed by atoms with Crippen molar-refractivity contribution in [2.24, 2.45) is 0 Å². The third-order valence-electron chi connectivity index (χ3n) is 3.62. The zero-order chi connectivity index (χ0) is 17.8. The zero-order valence-electron chi connectivity index (χ0n) is 13.3. The van der Waals surface area contributed by atoms with Crippen LogP contribution in [-0.4, -0.2) is 33.0 Å². The van der Waals surface area contributed by atoms with Crippen LogP contribution in [0.25, 0.3) is 11.3 Å². The molecule has 0 atom stereocenters. The molecule has 128 valence electrons. The van der Waals surface area contributed by atoms with Crippen LogP contribution in [0, 0.1) is 0 Å². The normalized spacial score (nSPS) is 10.5. The van der Waals surface area contributed by atoms with Gasteiger partial charge in [-0.2, -0.15) is 5.10 Å². The Labute approximate surface area is 148 Å². The van der Waals surface area contributed by atoms with E-state index in [2.05, 4.69) is 10.1 Å². The summed E-state index contributed by atoms with van der Waals surface area (Å²) in [7, 11) is 1.59. The topological polar surface area (TPSA) is 89.3 Å². The summed E-state index contributed by atoms with van der Waals surface area (Å²) in [6, 6.07) is 12.4. The Bertz CT molecular complexity index is 876.